The number of nitriles is 1. The van der Waals surface area contributed by atoms with Gasteiger partial charge in [0.2, 0.25) is 5.88 Å². The van der Waals surface area contributed by atoms with Crippen LogP contribution in [0.1, 0.15) is 53.9 Å². The zero-order chi connectivity index (χ0) is 29.1. The zero-order valence-corrected chi connectivity index (χ0v) is 24.5. The molecule has 210 valence electrons. The molecular weight excluding hydrogens is 560 g/mol. The SMILES string of the molecule is CCOc1cc(C2C(C#N)=C(N)Oc3cc(OC(=O)c4sc5ccccc5c4Cl)ccc32)ccc1OCCC(C)C. The van der Waals surface area contributed by atoms with E-state index in [1.54, 1.807) is 18.2 Å². The number of thiophene rings is 1. The van der Waals surface area contributed by atoms with Gasteiger partial charge in [0, 0.05) is 21.7 Å². The van der Waals surface area contributed by atoms with Crippen LogP contribution >= 0.6 is 22.9 Å². The van der Waals surface area contributed by atoms with E-state index in [0.717, 1.165) is 22.1 Å². The van der Waals surface area contributed by atoms with E-state index >= 15 is 0 Å². The number of allylic oxidation sites excluding steroid dienone is 1. The molecule has 1 atom stereocenters. The molecule has 0 radical (unpaired) electrons. The van der Waals surface area contributed by atoms with E-state index in [9.17, 15) is 10.1 Å². The fourth-order valence-corrected chi connectivity index (χ4v) is 6.02. The number of ether oxygens (including phenoxy) is 4. The first-order valence-electron chi connectivity index (χ1n) is 13.3. The average molecular weight is 589 g/mol. The predicted octanol–water partition coefficient (Wildman–Crippen LogP) is 7.82. The third kappa shape index (κ3) is 5.83. The Balaban J connectivity index is 1.46. The average Bonchev–Trinajstić information content (AvgIpc) is 3.29. The summed E-state index contributed by atoms with van der Waals surface area (Å²) in [5, 5.41) is 11.2. The van der Waals surface area contributed by atoms with Crippen molar-refractivity contribution in [2.75, 3.05) is 13.2 Å². The summed E-state index contributed by atoms with van der Waals surface area (Å²) >= 11 is 7.74. The maximum Gasteiger partial charge on any atom is 0.355 e. The van der Waals surface area contributed by atoms with E-state index in [2.05, 4.69) is 19.9 Å². The van der Waals surface area contributed by atoms with E-state index in [1.807, 2.05) is 49.4 Å². The third-order valence-electron chi connectivity index (χ3n) is 6.68. The number of rotatable bonds is 9. The number of esters is 1. The first-order chi connectivity index (χ1) is 19.8. The first kappa shape index (κ1) is 28.3. The van der Waals surface area contributed by atoms with Crippen molar-refractivity contribution < 1.29 is 23.7 Å². The molecule has 4 aromatic rings. The van der Waals surface area contributed by atoms with Crippen LogP contribution < -0.4 is 24.7 Å². The van der Waals surface area contributed by atoms with E-state index in [4.69, 9.17) is 36.3 Å². The van der Waals surface area contributed by atoms with E-state index in [0.29, 0.717) is 51.8 Å². The molecule has 41 heavy (non-hydrogen) atoms. The van der Waals surface area contributed by atoms with E-state index in [1.165, 1.54) is 11.3 Å². The summed E-state index contributed by atoms with van der Waals surface area (Å²) in [5.74, 6) is 1.28. The van der Waals surface area contributed by atoms with Crippen LogP contribution in [0.2, 0.25) is 5.02 Å². The van der Waals surface area contributed by atoms with Gasteiger partial charge in [0.15, 0.2) is 11.5 Å². The summed E-state index contributed by atoms with van der Waals surface area (Å²) in [5.41, 5.74) is 7.97. The van der Waals surface area contributed by atoms with Crippen molar-refractivity contribution in [3.8, 4) is 29.1 Å². The van der Waals surface area contributed by atoms with Crippen LogP contribution in [0, 0.1) is 17.2 Å². The number of nitrogens with two attached hydrogens (primary N) is 1. The van der Waals surface area contributed by atoms with Gasteiger partial charge in [0.25, 0.3) is 0 Å². The molecule has 2 heterocycles. The standard InChI is InChI=1S/C32H29ClN2O5S/c1-4-37-26-15-19(9-12-24(26)38-14-13-18(2)3)28-21-11-10-20(16-25(21)40-31(35)23(28)17-34)39-32(36)30-29(33)22-7-5-6-8-27(22)41-30/h5-12,15-16,18,28H,4,13-14,35H2,1-3H3. The largest absolute Gasteiger partial charge is 0.490 e. The van der Waals surface area contributed by atoms with Gasteiger partial charge >= 0.3 is 5.97 Å². The predicted molar refractivity (Wildman–Crippen MR) is 160 cm³/mol. The minimum atomic E-state index is -0.570. The highest BCUT2D eigenvalue weighted by atomic mass is 35.5. The smallest absolute Gasteiger partial charge is 0.355 e. The molecule has 9 heteroatoms. The Morgan fingerprint density at radius 3 is 2.66 bits per heavy atom. The Hall–Kier alpha value is -4.19. The summed E-state index contributed by atoms with van der Waals surface area (Å²) < 4.78 is 24.3. The van der Waals surface area contributed by atoms with Crippen molar-refractivity contribution in [3.05, 3.63) is 93.1 Å². The van der Waals surface area contributed by atoms with Crippen molar-refractivity contribution in [1.29, 1.82) is 5.26 Å². The minimum absolute atomic E-state index is 0.0174. The maximum atomic E-state index is 13.0. The molecule has 1 aliphatic rings. The van der Waals surface area contributed by atoms with Gasteiger partial charge in [0.05, 0.1) is 24.2 Å². The second-order valence-electron chi connectivity index (χ2n) is 9.93. The fourth-order valence-electron chi connectivity index (χ4n) is 4.64. The van der Waals surface area contributed by atoms with Crippen LogP contribution in [0.3, 0.4) is 0 Å². The Morgan fingerprint density at radius 1 is 1.12 bits per heavy atom. The van der Waals surface area contributed by atoms with Gasteiger partial charge in [-0.2, -0.15) is 5.26 Å². The van der Waals surface area contributed by atoms with E-state index < -0.39 is 11.9 Å². The summed E-state index contributed by atoms with van der Waals surface area (Å²) in [6, 6.07) is 20.4. The molecule has 1 unspecified atom stereocenters. The zero-order valence-electron chi connectivity index (χ0n) is 22.9. The lowest BCUT2D eigenvalue weighted by Crippen LogP contribution is -2.21. The van der Waals surface area contributed by atoms with Gasteiger partial charge in [0.1, 0.15) is 28.0 Å². The molecule has 0 bridgehead atoms. The van der Waals surface area contributed by atoms with Gasteiger partial charge in [-0.3, -0.25) is 0 Å². The van der Waals surface area contributed by atoms with Crippen LogP contribution in [0.15, 0.2) is 72.1 Å². The molecule has 0 saturated heterocycles. The first-order valence-corrected chi connectivity index (χ1v) is 14.5. The monoisotopic (exact) mass is 588 g/mol. The molecule has 5 rings (SSSR count). The highest BCUT2D eigenvalue weighted by Gasteiger charge is 2.32. The van der Waals surface area contributed by atoms with E-state index in [-0.39, 0.29) is 17.2 Å². The van der Waals surface area contributed by atoms with Crippen LogP contribution in [-0.2, 0) is 0 Å². The number of fused-ring (bicyclic) bond motifs is 2. The summed E-state index contributed by atoms with van der Waals surface area (Å²) in [7, 11) is 0. The minimum Gasteiger partial charge on any atom is -0.490 e. The Labute approximate surface area is 247 Å². The number of hydrogen-bond donors (Lipinski definition) is 1. The number of nitrogens with zero attached hydrogens (tertiary/aromatic N) is 1. The van der Waals surface area contributed by atoms with Crippen LogP contribution in [-0.4, -0.2) is 19.2 Å². The lowest BCUT2D eigenvalue weighted by molar-refractivity contribution is 0.0740. The topological polar surface area (TPSA) is 104 Å². The normalized spacial score (nSPS) is 14.4. The van der Waals surface area contributed by atoms with Crippen LogP contribution in [0.5, 0.6) is 23.0 Å². The molecule has 0 aliphatic carbocycles. The lowest BCUT2D eigenvalue weighted by Gasteiger charge is -2.27. The molecule has 0 saturated carbocycles. The van der Waals surface area contributed by atoms with Gasteiger partial charge < -0.3 is 24.7 Å². The highest BCUT2D eigenvalue weighted by molar-refractivity contribution is 7.21. The number of carbonyl (C=O) groups excluding carboxylic acids is 1. The molecule has 1 aliphatic heterocycles. The van der Waals surface area contributed by atoms with Gasteiger partial charge in [-0.15, -0.1) is 11.3 Å². The molecule has 7 nitrogen and oxygen atoms in total. The number of halogens is 1. The second kappa shape index (κ2) is 12.1. The van der Waals surface area contributed by atoms with Crippen molar-refractivity contribution in [2.24, 2.45) is 11.7 Å². The third-order valence-corrected chi connectivity index (χ3v) is 8.33. The van der Waals surface area contributed by atoms with Crippen molar-refractivity contribution in [3.63, 3.8) is 0 Å². The molecule has 0 spiro atoms. The summed E-state index contributed by atoms with van der Waals surface area (Å²) in [4.78, 5) is 13.3. The molecular formula is C32H29ClN2O5S. The number of benzene rings is 3. The van der Waals surface area contributed by atoms with Gasteiger partial charge in [-0.25, -0.2) is 4.79 Å². The van der Waals surface area contributed by atoms with Crippen molar-refractivity contribution >= 4 is 39.0 Å². The van der Waals surface area contributed by atoms with Crippen molar-refractivity contribution in [1.82, 2.24) is 0 Å². The van der Waals surface area contributed by atoms with Gasteiger partial charge in [-0.1, -0.05) is 55.8 Å². The number of hydrogen-bond acceptors (Lipinski definition) is 8. The van der Waals surface area contributed by atoms with Crippen LogP contribution in [0.25, 0.3) is 10.1 Å². The van der Waals surface area contributed by atoms with Crippen molar-refractivity contribution in [2.45, 2.75) is 33.1 Å². The second-order valence-corrected chi connectivity index (χ2v) is 11.4. The van der Waals surface area contributed by atoms with Gasteiger partial charge in [-0.05, 0) is 49.1 Å². The number of carbonyl (C=O) groups is 1. The summed E-state index contributed by atoms with van der Waals surface area (Å²) in [6.45, 7) is 7.22. The molecule has 1 aromatic heterocycles. The Kier molecular flexibility index (Phi) is 8.39. The Morgan fingerprint density at radius 2 is 1.93 bits per heavy atom. The fraction of sp³-hybridized carbons (Fsp3) is 0.250. The molecule has 0 amide bonds. The Bertz CT molecular complexity index is 1690. The lowest BCUT2D eigenvalue weighted by atomic mass is 9.83. The molecule has 0 fully saturated rings. The molecule has 2 N–H and O–H groups in total. The quantitative estimate of drug-likeness (QED) is 0.157. The summed E-state index contributed by atoms with van der Waals surface area (Å²) in [6.07, 6.45) is 0.917. The highest BCUT2D eigenvalue weighted by Crippen LogP contribution is 2.45. The maximum absolute atomic E-state index is 13.0. The molecule has 3 aromatic carbocycles. The van der Waals surface area contributed by atoms with Crippen LogP contribution in [0.4, 0.5) is 0 Å².